The highest BCUT2D eigenvalue weighted by atomic mass is 79.9. The number of nitrogens with one attached hydrogen (secondary N) is 2. The zero-order valence-electron chi connectivity index (χ0n) is 16.2. The molecule has 0 radical (unpaired) electrons. The highest BCUT2D eigenvalue weighted by Crippen LogP contribution is 2.17. The normalized spacial score (nSPS) is 19.8. The number of carbonyl (C=O) groups excluding carboxylic acids is 1. The molecule has 0 saturated carbocycles. The van der Waals surface area contributed by atoms with Crippen LogP contribution in [0.3, 0.4) is 0 Å². The van der Waals surface area contributed by atoms with Gasteiger partial charge in [-0.3, -0.25) is 9.69 Å². The van der Waals surface area contributed by atoms with Gasteiger partial charge >= 0.3 is 0 Å². The van der Waals surface area contributed by atoms with Crippen molar-refractivity contribution in [2.24, 2.45) is 5.92 Å². The Hall–Kier alpha value is -0.960. The second kappa shape index (κ2) is 10.0. The molecule has 0 bridgehead atoms. The predicted molar refractivity (Wildman–Crippen MR) is 111 cm³/mol. The van der Waals surface area contributed by atoms with Crippen molar-refractivity contribution >= 4 is 31.9 Å². The molecule has 2 atom stereocenters. The lowest BCUT2D eigenvalue weighted by Gasteiger charge is -2.33. The first-order chi connectivity index (χ1) is 12.7. The van der Waals surface area contributed by atoms with Crippen molar-refractivity contribution in [1.82, 2.24) is 14.9 Å². The smallest absolute Gasteiger partial charge is 0.241 e. The Bertz CT molecular complexity index is 722. The first-order valence-corrected chi connectivity index (χ1v) is 11.8. The molecule has 0 unspecified atom stereocenters. The summed E-state index contributed by atoms with van der Waals surface area (Å²) in [4.78, 5) is 15.1. The van der Waals surface area contributed by atoms with E-state index in [1.165, 1.54) is 31.4 Å². The van der Waals surface area contributed by atoms with Gasteiger partial charge in [0.2, 0.25) is 15.9 Å². The summed E-state index contributed by atoms with van der Waals surface area (Å²) in [6, 6.07) is 6.08. The van der Waals surface area contributed by atoms with E-state index in [1.54, 1.807) is 12.1 Å². The molecule has 1 fully saturated rings. The van der Waals surface area contributed by atoms with Crippen LogP contribution in [0, 0.1) is 5.92 Å². The van der Waals surface area contributed by atoms with Gasteiger partial charge in [-0.25, -0.2) is 8.42 Å². The van der Waals surface area contributed by atoms with E-state index in [0.717, 1.165) is 17.6 Å². The van der Waals surface area contributed by atoms with Gasteiger partial charge in [-0.1, -0.05) is 36.2 Å². The number of rotatable bonds is 8. The van der Waals surface area contributed by atoms with Crippen LogP contribution in [-0.2, 0) is 14.8 Å². The molecule has 152 valence electrons. The molecule has 8 heteroatoms. The van der Waals surface area contributed by atoms with Crippen LogP contribution in [0.4, 0.5) is 0 Å². The first-order valence-electron chi connectivity index (χ1n) is 9.50. The topological polar surface area (TPSA) is 78.5 Å². The number of sulfonamides is 1. The summed E-state index contributed by atoms with van der Waals surface area (Å²) in [6.45, 7) is 8.25. The molecule has 27 heavy (non-hydrogen) atoms. The maximum Gasteiger partial charge on any atom is 0.241 e. The number of piperidine rings is 1. The van der Waals surface area contributed by atoms with Crippen molar-refractivity contribution in [2.75, 3.05) is 19.6 Å². The van der Waals surface area contributed by atoms with Crippen LogP contribution >= 0.6 is 15.9 Å². The molecule has 6 nitrogen and oxygen atoms in total. The lowest BCUT2D eigenvalue weighted by Crippen LogP contribution is -2.51. The fourth-order valence-electron chi connectivity index (χ4n) is 3.26. The Balaban J connectivity index is 1.95. The lowest BCUT2D eigenvalue weighted by molar-refractivity contribution is -0.123. The summed E-state index contributed by atoms with van der Waals surface area (Å²) in [5.41, 5.74) is 0. The van der Waals surface area contributed by atoms with Crippen LogP contribution in [0.1, 0.15) is 40.0 Å². The van der Waals surface area contributed by atoms with Crippen molar-refractivity contribution < 1.29 is 13.2 Å². The van der Waals surface area contributed by atoms with Crippen LogP contribution in [0.15, 0.2) is 33.6 Å². The number of nitrogens with zero attached hydrogens (tertiary/aromatic N) is 1. The molecule has 1 aliphatic heterocycles. The van der Waals surface area contributed by atoms with Gasteiger partial charge < -0.3 is 5.32 Å². The first kappa shape index (κ1) is 22.3. The summed E-state index contributed by atoms with van der Waals surface area (Å²) < 4.78 is 28.6. The number of benzene rings is 1. The molecule has 0 aromatic heterocycles. The van der Waals surface area contributed by atoms with Crippen molar-refractivity contribution in [2.45, 2.75) is 57.0 Å². The molecule has 1 saturated heterocycles. The van der Waals surface area contributed by atoms with Crippen molar-refractivity contribution in [3.63, 3.8) is 0 Å². The van der Waals surface area contributed by atoms with Crippen LogP contribution < -0.4 is 10.0 Å². The third-order valence-corrected chi connectivity index (χ3v) is 6.98. The Morgan fingerprint density at radius 3 is 2.52 bits per heavy atom. The van der Waals surface area contributed by atoms with Crippen LogP contribution in [0.2, 0.25) is 0 Å². The minimum absolute atomic E-state index is 0.145. The summed E-state index contributed by atoms with van der Waals surface area (Å²) >= 11 is 3.29. The molecule has 0 spiro atoms. The highest BCUT2D eigenvalue weighted by molar-refractivity contribution is 9.10. The maximum absolute atomic E-state index is 12.6. The Labute approximate surface area is 171 Å². The summed E-state index contributed by atoms with van der Waals surface area (Å²) in [5, 5.41) is 2.90. The van der Waals surface area contributed by atoms with E-state index in [-0.39, 0.29) is 16.7 Å². The van der Waals surface area contributed by atoms with Gasteiger partial charge in [-0.2, -0.15) is 4.72 Å². The minimum Gasteiger partial charge on any atom is -0.353 e. The quantitative estimate of drug-likeness (QED) is 0.626. The van der Waals surface area contributed by atoms with E-state index in [1.807, 2.05) is 13.8 Å². The van der Waals surface area contributed by atoms with E-state index in [9.17, 15) is 13.2 Å². The molecule has 1 amide bonds. The number of halogens is 1. The Morgan fingerprint density at radius 1 is 1.26 bits per heavy atom. The van der Waals surface area contributed by atoms with Crippen LogP contribution in [-0.4, -0.2) is 50.9 Å². The molecule has 1 aromatic rings. The molecular formula is C19H30BrN3O3S. The molecule has 2 N–H and O–H groups in total. The lowest BCUT2D eigenvalue weighted by atomic mass is 10.0. The number of hydrogen-bond donors (Lipinski definition) is 2. The molecule has 1 aliphatic rings. The summed E-state index contributed by atoms with van der Waals surface area (Å²) in [7, 11) is -3.76. The molecule has 1 heterocycles. The standard InChI is InChI=1S/C19H30BrN3O3S/c1-14(2)18(22-27(25,26)17-9-7-16(20)8-10-17)19(24)21-11-13-23-12-5-4-6-15(23)3/h7-10,14-15,18,22H,4-6,11-13H2,1-3H3,(H,21,24)/t15-,18-/m1/s1. The SMILES string of the molecule is CC(C)[C@@H](NS(=O)(=O)c1ccc(Br)cc1)C(=O)NCCN1CCCC[C@H]1C. The zero-order valence-corrected chi connectivity index (χ0v) is 18.6. The third kappa shape index (κ3) is 6.55. The molecule has 0 aliphatic carbocycles. The maximum atomic E-state index is 12.6. The second-order valence-electron chi connectivity index (χ2n) is 7.47. The summed E-state index contributed by atoms with van der Waals surface area (Å²) in [5.74, 6) is -0.445. The second-order valence-corrected chi connectivity index (χ2v) is 10.1. The fourth-order valence-corrected chi connectivity index (χ4v) is 4.87. The molecular weight excluding hydrogens is 430 g/mol. The van der Waals surface area contributed by atoms with Crippen molar-refractivity contribution in [3.8, 4) is 0 Å². The molecule has 1 aromatic carbocycles. The number of amides is 1. The van der Waals surface area contributed by atoms with Gasteiger partial charge in [-0.15, -0.1) is 0 Å². The van der Waals surface area contributed by atoms with Crippen molar-refractivity contribution in [1.29, 1.82) is 0 Å². The van der Waals surface area contributed by atoms with E-state index in [4.69, 9.17) is 0 Å². The van der Waals surface area contributed by atoms with Gasteiger partial charge in [0.25, 0.3) is 0 Å². The Morgan fingerprint density at radius 2 is 1.93 bits per heavy atom. The third-order valence-electron chi connectivity index (χ3n) is 4.99. The van der Waals surface area contributed by atoms with E-state index in [0.29, 0.717) is 12.6 Å². The van der Waals surface area contributed by atoms with E-state index < -0.39 is 16.1 Å². The van der Waals surface area contributed by atoms with Crippen LogP contribution in [0.5, 0.6) is 0 Å². The monoisotopic (exact) mass is 459 g/mol. The van der Waals surface area contributed by atoms with Gasteiger partial charge in [0.1, 0.15) is 6.04 Å². The van der Waals surface area contributed by atoms with Gasteiger partial charge in [-0.05, 0) is 56.5 Å². The van der Waals surface area contributed by atoms with Crippen LogP contribution in [0.25, 0.3) is 0 Å². The number of carbonyl (C=O) groups is 1. The summed E-state index contributed by atoms with van der Waals surface area (Å²) in [6.07, 6.45) is 3.65. The van der Waals surface area contributed by atoms with Gasteiger partial charge in [0.05, 0.1) is 4.90 Å². The van der Waals surface area contributed by atoms with Gasteiger partial charge in [0.15, 0.2) is 0 Å². The van der Waals surface area contributed by atoms with E-state index >= 15 is 0 Å². The Kier molecular flexibility index (Phi) is 8.27. The zero-order chi connectivity index (χ0) is 20.0. The van der Waals surface area contributed by atoms with E-state index in [2.05, 4.69) is 37.8 Å². The predicted octanol–water partition coefficient (Wildman–Crippen LogP) is 2.74. The van der Waals surface area contributed by atoms with Crippen molar-refractivity contribution in [3.05, 3.63) is 28.7 Å². The highest BCUT2D eigenvalue weighted by Gasteiger charge is 2.28. The minimum atomic E-state index is -3.76. The number of hydrogen-bond acceptors (Lipinski definition) is 4. The van der Waals surface area contributed by atoms with Gasteiger partial charge in [0, 0.05) is 23.6 Å². The fraction of sp³-hybridized carbons (Fsp3) is 0.632. The largest absolute Gasteiger partial charge is 0.353 e. The average Bonchev–Trinajstić information content (AvgIpc) is 2.61. The average molecular weight is 460 g/mol. The molecule has 2 rings (SSSR count). The number of likely N-dealkylation sites (tertiary alicyclic amines) is 1.